The van der Waals surface area contributed by atoms with Crippen LogP contribution in [-0.4, -0.2) is 18.7 Å². The van der Waals surface area contributed by atoms with Gasteiger partial charge in [-0.2, -0.15) is 0 Å². The molecule has 0 amide bonds. The zero-order valence-corrected chi connectivity index (χ0v) is 40.7. The van der Waals surface area contributed by atoms with E-state index in [2.05, 4.69) is 106 Å². The number of aryl methyl sites for hydroxylation is 2. The van der Waals surface area contributed by atoms with E-state index in [9.17, 15) is 5.48 Å². The Morgan fingerprint density at radius 1 is 0.623 bits per heavy atom. The van der Waals surface area contributed by atoms with Crippen LogP contribution in [0.15, 0.2) is 182 Å². The fourth-order valence-corrected chi connectivity index (χ4v) is 11.0. The summed E-state index contributed by atoms with van der Waals surface area (Å²) in [6.07, 6.45) is 4.59. The van der Waals surface area contributed by atoms with Gasteiger partial charge < -0.3 is 0 Å². The molecule has 0 spiro atoms. The van der Waals surface area contributed by atoms with Crippen LogP contribution in [0.5, 0.6) is 11.5 Å². The molecule has 1 aliphatic carbocycles. The maximum atomic E-state index is 9.40. The minimum atomic E-state index is -0.545. The summed E-state index contributed by atoms with van der Waals surface area (Å²) in [5.74, 6) is 1.58. The summed E-state index contributed by atoms with van der Waals surface area (Å²) >= 11 is 2.20. The van der Waals surface area contributed by atoms with Gasteiger partial charge in [0.05, 0.1) is 0 Å². The molecule has 3 aromatic heterocycles. The average Bonchev–Trinajstić information content (AvgIpc) is 3.95. The van der Waals surface area contributed by atoms with Crippen LogP contribution in [0, 0.1) is 22.9 Å². The average molecular weight is 1080 g/mol. The van der Waals surface area contributed by atoms with Gasteiger partial charge in [-0.25, -0.2) is 0 Å². The second kappa shape index (κ2) is 17.3. The first kappa shape index (κ1) is 33.2. The van der Waals surface area contributed by atoms with Crippen LogP contribution in [0.3, 0.4) is 0 Å². The van der Waals surface area contributed by atoms with Crippen molar-refractivity contribution in [2.45, 2.75) is 58.8 Å². The van der Waals surface area contributed by atoms with Crippen molar-refractivity contribution in [1.29, 1.82) is 0 Å². The molecule has 0 fully saturated rings. The second-order valence-corrected chi connectivity index (χ2v) is 19.5. The van der Waals surface area contributed by atoms with Crippen molar-refractivity contribution in [2.24, 2.45) is 0 Å². The third-order valence-electron chi connectivity index (χ3n) is 13.2. The fourth-order valence-electron chi connectivity index (χ4n) is 9.93. The topological polar surface area (TPSA) is 36.9 Å². The van der Waals surface area contributed by atoms with Crippen molar-refractivity contribution >= 4 is 32.8 Å². The molecule has 0 unspecified atom stereocenters. The third kappa shape index (κ3) is 7.61. The van der Waals surface area contributed by atoms with E-state index >= 15 is 0 Å². The zero-order chi connectivity index (χ0) is 55.5. The molecule has 0 atom stereocenters. The van der Waals surface area contributed by atoms with Crippen LogP contribution >= 0.6 is 0 Å². The molecule has 0 saturated carbocycles. The van der Waals surface area contributed by atoms with Gasteiger partial charge in [-0.3, -0.25) is 0 Å². The molecule has 12 rings (SSSR count). The van der Waals surface area contributed by atoms with Gasteiger partial charge >= 0.3 is 332 Å². The number of hydrogen-bond donors (Lipinski definition) is 0. The summed E-state index contributed by atoms with van der Waals surface area (Å²) in [5.41, 5.74) is 10.6. The number of benzene rings is 8. The molecule has 69 heavy (non-hydrogen) atoms. The van der Waals surface area contributed by atoms with E-state index in [4.69, 9.17) is 17.9 Å². The van der Waals surface area contributed by atoms with E-state index in [0.717, 1.165) is 68.3 Å². The molecule has 6 heteroatoms. The molecule has 0 saturated heterocycles. The quantitative estimate of drug-likeness (QED) is 0.142. The van der Waals surface area contributed by atoms with Crippen molar-refractivity contribution in [1.82, 2.24) is 18.7 Å². The maximum absolute atomic E-state index is 9.40. The van der Waals surface area contributed by atoms with E-state index in [0.29, 0.717) is 56.1 Å². The predicted molar refractivity (Wildman–Crippen MR) is 279 cm³/mol. The second-order valence-electron chi connectivity index (χ2n) is 18.5. The van der Waals surface area contributed by atoms with Gasteiger partial charge in [0.15, 0.2) is 0 Å². The molecule has 0 N–H and O–H groups in total. The first-order valence-corrected chi connectivity index (χ1v) is 24.2. The van der Waals surface area contributed by atoms with Crippen molar-refractivity contribution < 1.29 is 37.8 Å². The molecule has 0 radical (unpaired) electrons. The molecule has 5 nitrogen and oxygen atoms in total. The van der Waals surface area contributed by atoms with Gasteiger partial charge in [0.1, 0.15) is 0 Å². The number of para-hydroxylation sites is 3. The number of hydrogen-bond acceptors (Lipinski definition) is 2. The number of ether oxygens (including phenoxy) is 1. The molecular weight excluding hydrogens is 1020 g/mol. The fraction of sp³-hybridized carbons (Fsp3) is 0.143. The van der Waals surface area contributed by atoms with Crippen LogP contribution in [0.25, 0.3) is 83.4 Å². The molecule has 1 aliphatic rings. The van der Waals surface area contributed by atoms with E-state index in [1.165, 1.54) is 5.56 Å². The van der Waals surface area contributed by atoms with E-state index in [1.54, 1.807) is 0 Å². The van der Waals surface area contributed by atoms with Crippen LogP contribution in [0.1, 0.15) is 69.6 Å². The van der Waals surface area contributed by atoms with E-state index in [-0.39, 0.29) is 22.1 Å². The molecule has 3 heterocycles. The Morgan fingerprint density at radius 3 is 2.04 bits per heavy atom. The normalized spacial score (nSPS) is 14.8. The summed E-state index contributed by atoms with van der Waals surface area (Å²) in [4.78, 5) is 5.06. The molecule has 0 bridgehead atoms. The zero-order valence-electron chi connectivity index (χ0n) is 48.4. The molecular formula is C63H50N4OPt-2. The van der Waals surface area contributed by atoms with Crippen LogP contribution < -0.4 is 4.74 Å². The Kier molecular flexibility index (Phi) is 8.34. The summed E-state index contributed by atoms with van der Waals surface area (Å²) in [6, 6.07) is 40.3. The minimum absolute atomic E-state index is 0.0344. The third-order valence-corrected chi connectivity index (χ3v) is 14.2. The summed E-state index contributed by atoms with van der Waals surface area (Å²) in [5, 5.41) is 2.02. The van der Waals surface area contributed by atoms with Crippen LogP contribution in [0.4, 0.5) is 0 Å². The van der Waals surface area contributed by atoms with E-state index in [1.807, 2.05) is 88.1 Å². The van der Waals surface area contributed by atoms with Crippen molar-refractivity contribution in [3.63, 3.8) is 0 Å². The molecule has 340 valence electrons. The predicted octanol–water partition coefficient (Wildman–Crippen LogP) is 15.9. The van der Waals surface area contributed by atoms with Gasteiger partial charge in [0, 0.05) is 11.8 Å². The Balaban J connectivity index is 1.02. The molecule has 11 aromatic rings. The van der Waals surface area contributed by atoms with Gasteiger partial charge in [-0.05, 0) is 29.0 Å². The number of aromatic nitrogens is 4. The summed E-state index contributed by atoms with van der Waals surface area (Å²) in [6.45, 7) is 8.74. The Labute approximate surface area is 428 Å². The molecule has 8 aromatic carbocycles. The Bertz CT molecular complexity index is 4380. The Hall–Kier alpha value is -7.33. The number of imidazole rings is 1. The van der Waals surface area contributed by atoms with Crippen molar-refractivity contribution in [3.8, 4) is 62.1 Å². The standard InChI is InChI=1S/C63H50N4O.Pt/c1-42-36-60(64-40-55(42)44-30-32-47(33-31-44)63(2,3)4)67-56-27-14-13-26-52(56)53-35-34-50(39-59(53)67)68-49-24-17-23-48(38-49)65-41-66(58-29-16-15-28-57(58)65)62-54(43-18-7-5-8-19-43)37-46-22-11-12-25-51(46)61(62)45-20-9-6-10-21-45;/h5-10,13-21,23-24,26-37,40H,11-12,22,25H2,1-4H3;/q-2;/i5D,6D,7D,8D,9D,10D,18D,19D,20D,21D;. The Morgan fingerprint density at radius 2 is 1.30 bits per heavy atom. The number of fused-ring (bicyclic) bond motifs is 5. The van der Waals surface area contributed by atoms with Gasteiger partial charge in [0.25, 0.3) is 0 Å². The summed E-state index contributed by atoms with van der Waals surface area (Å²) in [7, 11) is 0. The number of pyridine rings is 1. The van der Waals surface area contributed by atoms with Crippen molar-refractivity contribution in [3.05, 3.63) is 220 Å². The van der Waals surface area contributed by atoms with Gasteiger partial charge in [-0.1, -0.05) is 57.2 Å². The number of rotatable bonds is 8. The van der Waals surface area contributed by atoms with Crippen LogP contribution in [0.2, 0.25) is 0 Å². The first-order chi connectivity index (χ1) is 37.8. The van der Waals surface area contributed by atoms with Crippen molar-refractivity contribution in [2.75, 3.05) is 0 Å². The first-order valence-electron chi connectivity index (χ1n) is 28.1. The SMILES string of the molecule is [2H]c1c([2H])c([2H])c(-c2cc3c(c(-c4c([2H])c([2H])c([2H])c([2H])c4[2H])c2-n2[c](=[Pt])n(-c4[c-]c(Oc5[c-]c6c(cc5)c5ccccc5n6-c5cc(C)c(-c6ccc(C(C)(C)C)cc6)cn5)ccc4)c4ccccc42)CCCC3)c([2H])c1[2H]. The van der Waals surface area contributed by atoms with Gasteiger partial charge in [-0.15, -0.1) is 0 Å². The monoisotopic (exact) mass is 1080 g/mol. The summed E-state index contributed by atoms with van der Waals surface area (Å²) < 4.78 is 103. The number of nitrogens with zero attached hydrogens (tertiary/aromatic N) is 4. The van der Waals surface area contributed by atoms with Gasteiger partial charge in [0.2, 0.25) is 0 Å². The van der Waals surface area contributed by atoms with E-state index < -0.39 is 60.4 Å². The molecule has 0 aliphatic heterocycles. The van der Waals surface area contributed by atoms with Crippen LogP contribution in [-0.2, 0) is 37.6 Å².